The van der Waals surface area contributed by atoms with E-state index in [1.807, 2.05) is 0 Å². The lowest BCUT2D eigenvalue weighted by atomic mass is 10.1. The minimum Gasteiger partial charge on any atom is -0.415 e. The van der Waals surface area contributed by atoms with Crippen molar-refractivity contribution in [2.45, 2.75) is 0 Å². The normalized spacial score (nSPS) is 9.94. The Morgan fingerprint density at radius 2 is 2.06 bits per heavy atom. The Labute approximate surface area is 99.7 Å². The maximum absolute atomic E-state index is 12.7. The molecular formula is C11H6FNO3S. The highest BCUT2D eigenvalue weighted by Gasteiger charge is 2.18. The van der Waals surface area contributed by atoms with Crippen LogP contribution < -0.4 is 4.74 Å². The Hall–Kier alpha value is -2.08. The molecule has 0 bridgehead atoms. The van der Waals surface area contributed by atoms with Crippen molar-refractivity contribution in [3.63, 3.8) is 0 Å². The SMILES string of the molecule is O=COc1scnc1C(=O)c1ccc(F)cc1. The topological polar surface area (TPSA) is 56.3 Å². The van der Waals surface area contributed by atoms with E-state index < -0.39 is 11.6 Å². The van der Waals surface area contributed by atoms with E-state index >= 15 is 0 Å². The van der Waals surface area contributed by atoms with Gasteiger partial charge < -0.3 is 4.74 Å². The van der Waals surface area contributed by atoms with E-state index in [1.54, 1.807) is 0 Å². The minimum absolute atomic E-state index is 0.0497. The van der Waals surface area contributed by atoms with Gasteiger partial charge in [-0.05, 0) is 24.3 Å². The average Bonchev–Trinajstić information content (AvgIpc) is 2.78. The predicted octanol–water partition coefficient (Wildman–Crippen LogP) is 2.05. The van der Waals surface area contributed by atoms with Gasteiger partial charge in [-0.2, -0.15) is 0 Å². The molecule has 2 rings (SSSR count). The van der Waals surface area contributed by atoms with Gasteiger partial charge in [-0.1, -0.05) is 11.3 Å². The Morgan fingerprint density at radius 1 is 1.35 bits per heavy atom. The van der Waals surface area contributed by atoms with Crippen LogP contribution in [-0.4, -0.2) is 17.2 Å². The second-order valence-electron chi connectivity index (χ2n) is 3.04. The monoisotopic (exact) mass is 251 g/mol. The molecule has 1 heterocycles. The number of benzene rings is 1. The first-order valence-electron chi connectivity index (χ1n) is 4.56. The number of carbonyl (C=O) groups excluding carboxylic acids is 2. The van der Waals surface area contributed by atoms with Crippen molar-refractivity contribution in [1.29, 1.82) is 0 Å². The van der Waals surface area contributed by atoms with Crippen LogP contribution in [-0.2, 0) is 4.79 Å². The molecule has 0 aliphatic rings. The van der Waals surface area contributed by atoms with Crippen molar-refractivity contribution in [2.24, 2.45) is 0 Å². The van der Waals surface area contributed by atoms with Crippen LogP contribution in [0.25, 0.3) is 0 Å². The van der Waals surface area contributed by atoms with E-state index in [9.17, 15) is 14.0 Å². The number of nitrogens with zero attached hydrogens (tertiary/aromatic N) is 1. The lowest BCUT2D eigenvalue weighted by Gasteiger charge is -1.99. The Kier molecular flexibility index (Phi) is 3.24. The summed E-state index contributed by atoms with van der Waals surface area (Å²) in [6.07, 6.45) is 0. The molecular weight excluding hydrogens is 245 g/mol. The van der Waals surface area contributed by atoms with Gasteiger partial charge in [-0.15, -0.1) is 0 Å². The number of thiazole rings is 1. The Morgan fingerprint density at radius 3 is 2.71 bits per heavy atom. The summed E-state index contributed by atoms with van der Waals surface area (Å²) in [5, 5.41) is 0.134. The summed E-state index contributed by atoms with van der Waals surface area (Å²) < 4.78 is 17.3. The van der Waals surface area contributed by atoms with Gasteiger partial charge in [0.1, 0.15) is 5.82 Å². The molecule has 1 aromatic heterocycles. The number of ketones is 1. The van der Waals surface area contributed by atoms with Crippen LogP contribution in [0.15, 0.2) is 29.8 Å². The molecule has 4 nitrogen and oxygen atoms in total. The molecule has 0 aliphatic heterocycles. The summed E-state index contributed by atoms with van der Waals surface area (Å²) in [5.41, 5.74) is 1.73. The van der Waals surface area contributed by atoms with E-state index in [2.05, 4.69) is 9.72 Å². The summed E-state index contributed by atoms with van der Waals surface area (Å²) >= 11 is 1.04. The van der Waals surface area contributed by atoms with Gasteiger partial charge in [-0.25, -0.2) is 9.37 Å². The van der Waals surface area contributed by atoms with E-state index in [1.165, 1.54) is 29.8 Å². The van der Waals surface area contributed by atoms with E-state index in [0.717, 1.165) is 11.3 Å². The summed E-state index contributed by atoms with van der Waals surface area (Å²) in [7, 11) is 0. The largest absolute Gasteiger partial charge is 0.415 e. The van der Waals surface area contributed by atoms with Crippen molar-refractivity contribution in [2.75, 3.05) is 0 Å². The maximum Gasteiger partial charge on any atom is 0.299 e. The van der Waals surface area contributed by atoms with Crippen molar-refractivity contribution in [3.05, 3.63) is 46.9 Å². The molecule has 0 unspecified atom stereocenters. The van der Waals surface area contributed by atoms with Crippen molar-refractivity contribution in [1.82, 2.24) is 4.98 Å². The van der Waals surface area contributed by atoms with Crippen LogP contribution in [0.3, 0.4) is 0 Å². The summed E-state index contributed by atoms with van der Waals surface area (Å²) in [6, 6.07) is 5.06. The van der Waals surface area contributed by atoms with E-state index in [0.29, 0.717) is 0 Å². The molecule has 0 fully saturated rings. The molecule has 86 valence electrons. The highest BCUT2D eigenvalue weighted by Crippen LogP contribution is 2.25. The highest BCUT2D eigenvalue weighted by molar-refractivity contribution is 7.12. The smallest absolute Gasteiger partial charge is 0.299 e. The third kappa shape index (κ3) is 2.36. The lowest BCUT2D eigenvalue weighted by Crippen LogP contribution is -2.04. The second kappa shape index (κ2) is 4.84. The van der Waals surface area contributed by atoms with Gasteiger partial charge in [-0.3, -0.25) is 9.59 Å². The third-order valence-electron chi connectivity index (χ3n) is 2.01. The molecule has 0 N–H and O–H groups in total. The molecule has 0 atom stereocenters. The zero-order valence-corrected chi connectivity index (χ0v) is 9.24. The van der Waals surface area contributed by atoms with Gasteiger partial charge in [0.2, 0.25) is 10.8 Å². The molecule has 0 spiro atoms. The molecule has 0 saturated heterocycles. The Balaban J connectivity index is 2.33. The van der Waals surface area contributed by atoms with Crippen LogP contribution >= 0.6 is 11.3 Å². The molecule has 0 saturated carbocycles. The van der Waals surface area contributed by atoms with E-state index in [-0.39, 0.29) is 22.8 Å². The van der Waals surface area contributed by atoms with Crippen LogP contribution in [0.1, 0.15) is 16.1 Å². The van der Waals surface area contributed by atoms with Crippen LogP contribution in [0, 0.1) is 5.82 Å². The Bertz CT molecular complexity index is 550. The molecule has 0 aliphatic carbocycles. The number of halogens is 1. The number of rotatable bonds is 4. The van der Waals surface area contributed by atoms with Crippen LogP contribution in [0.2, 0.25) is 0 Å². The number of hydrogen-bond acceptors (Lipinski definition) is 5. The van der Waals surface area contributed by atoms with Gasteiger partial charge in [0.25, 0.3) is 6.47 Å². The highest BCUT2D eigenvalue weighted by atomic mass is 32.1. The maximum atomic E-state index is 12.7. The number of carbonyl (C=O) groups is 2. The molecule has 6 heteroatoms. The van der Waals surface area contributed by atoms with Crippen LogP contribution in [0.5, 0.6) is 5.06 Å². The van der Waals surface area contributed by atoms with Gasteiger partial charge in [0, 0.05) is 5.56 Å². The third-order valence-corrected chi connectivity index (χ3v) is 2.73. The molecule has 0 amide bonds. The number of hydrogen-bond donors (Lipinski definition) is 0. The standard InChI is InChI=1S/C11H6FNO3S/c12-8-3-1-7(2-4-8)10(15)9-11(16-6-14)17-5-13-9/h1-6H. The average molecular weight is 251 g/mol. The van der Waals surface area contributed by atoms with Crippen molar-refractivity contribution >= 4 is 23.6 Å². The first-order valence-corrected chi connectivity index (χ1v) is 5.44. The molecule has 0 radical (unpaired) electrons. The fraction of sp³-hybridized carbons (Fsp3) is 0. The lowest BCUT2D eigenvalue weighted by molar-refractivity contribution is -0.120. The van der Waals surface area contributed by atoms with Crippen molar-refractivity contribution in [3.8, 4) is 5.06 Å². The van der Waals surface area contributed by atoms with Gasteiger partial charge in [0.15, 0.2) is 5.69 Å². The van der Waals surface area contributed by atoms with Gasteiger partial charge >= 0.3 is 0 Å². The van der Waals surface area contributed by atoms with Gasteiger partial charge in [0.05, 0.1) is 5.51 Å². The molecule has 17 heavy (non-hydrogen) atoms. The zero-order chi connectivity index (χ0) is 12.3. The first kappa shape index (κ1) is 11.4. The van der Waals surface area contributed by atoms with E-state index in [4.69, 9.17) is 0 Å². The fourth-order valence-corrected chi connectivity index (χ4v) is 1.86. The van der Waals surface area contributed by atoms with Crippen LogP contribution in [0.4, 0.5) is 4.39 Å². The summed E-state index contributed by atoms with van der Waals surface area (Å²) in [4.78, 5) is 26.0. The number of ether oxygens (including phenoxy) is 1. The quantitative estimate of drug-likeness (QED) is 0.616. The predicted molar refractivity (Wildman–Crippen MR) is 58.6 cm³/mol. The minimum atomic E-state index is -0.427. The summed E-state index contributed by atoms with van der Waals surface area (Å²) in [5.74, 6) is -0.840. The molecule has 1 aromatic carbocycles. The second-order valence-corrected chi connectivity index (χ2v) is 3.86. The zero-order valence-electron chi connectivity index (χ0n) is 8.42. The van der Waals surface area contributed by atoms with Crippen molar-refractivity contribution < 1.29 is 18.7 Å². The summed E-state index contributed by atoms with van der Waals surface area (Å²) in [6.45, 7) is 0.231. The fourth-order valence-electron chi connectivity index (χ4n) is 1.25. The number of aromatic nitrogens is 1. The first-order chi connectivity index (χ1) is 8.22. The molecule has 2 aromatic rings.